The normalized spacial score (nSPS) is 10.9. The molecule has 0 aromatic heterocycles. The maximum atomic E-state index is 12.9. The van der Waals surface area contributed by atoms with E-state index in [2.05, 4.69) is 0 Å². The summed E-state index contributed by atoms with van der Waals surface area (Å²) in [6.07, 6.45) is 1.11. The molecule has 0 heterocycles. The van der Waals surface area contributed by atoms with Crippen LogP contribution in [0.4, 0.5) is 17.6 Å². The molecule has 0 saturated heterocycles. The minimum atomic E-state index is -1.97. The molecule has 0 fully saturated rings. The van der Waals surface area contributed by atoms with Crippen molar-refractivity contribution >= 4 is 12.0 Å². The summed E-state index contributed by atoms with van der Waals surface area (Å²) in [7, 11) is 0. The maximum Gasteiger partial charge on any atom is 0.328 e. The van der Waals surface area contributed by atoms with Crippen molar-refractivity contribution in [3.05, 3.63) is 41.0 Å². The highest BCUT2D eigenvalue weighted by molar-refractivity contribution is 5.85. The molecule has 1 rings (SSSR count). The molecule has 0 spiro atoms. The summed E-state index contributed by atoms with van der Waals surface area (Å²) in [5.74, 6) is -8.54. The third-order valence-corrected chi connectivity index (χ3v) is 1.54. The fourth-order valence-electron chi connectivity index (χ4n) is 0.874. The Hall–Kier alpha value is -1.85. The standard InChI is InChI=1S/C9H4F4O2/c10-5-3-4(1-2-6(14)15)7(11)9(13)8(5)12/h1-3H,(H,14,15)/b2-1+. The molecule has 0 atom stereocenters. The molecule has 6 heteroatoms. The van der Waals surface area contributed by atoms with Gasteiger partial charge in [0.1, 0.15) is 0 Å². The number of benzene rings is 1. The molecule has 0 unspecified atom stereocenters. The summed E-state index contributed by atoms with van der Waals surface area (Å²) in [5.41, 5.74) is -0.672. The largest absolute Gasteiger partial charge is 0.478 e. The van der Waals surface area contributed by atoms with E-state index in [9.17, 15) is 22.4 Å². The van der Waals surface area contributed by atoms with E-state index in [1.165, 1.54) is 0 Å². The molecule has 1 aromatic carbocycles. The average molecular weight is 220 g/mol. The highest BCUT2D eigenvalue weighted by Crippen LogP contribution is 2.19. The van der Waals surface area contributed by atoms with Crippen LogP contribution in [0, 0.1) is 23.3 Å². The second-order valence-corrected chi connectivity index (χ2v) is 2.56. The van der Waals surface area contributed by atoms with Crippen molar-refractivity contribution in [3.8, 4) is 0 Å². The van der Waals surface area contributed by atoms with Crippen LogP contribution in [0.25, 0.3) is 6.08 Å². The van der Waals surface area contributed by atoms with Gasteiger partial charge in [0.25, 0.3) is 0 Å². The highest BCUT2D eigenvalue weighted by Gasteiger charge is 2.17. The Morgan fingerprint density at radius 1 is 1.13 bits per heavy atom. The van der Waals surface area contributed by atoms with Crippen LogP contribution >= 0.6 is 0 Å². The van der Waals surface area contributed by atoms with Crippen molar-refractivity contribution in [1.82, 2.24) is 0 Å². The summed E-state index contributed by atoms with van der Waals surface area (Å²) in [4.78, 5) is 10.0. The van der Waals surface area contributed by atoms with Crippen molar-refractivity contribution in [2.45, 2.75) is 0 Å². The van der Waals surface area contributed by atoms with E-state index in [0.29, 0.717) is 18.2 Å². The smallest absolute Gasteiger partial charge is 0.328 e. The van der Waals surface area contributed by atoms with Crippen LogP contribution in [0.1, 0.15) is 5.56 Å². The van der Waals surface area contributed by atoms with E-state index in [4.69, 9.17) is 5.11 Å². The van der Waals surface area contributed by atoms with Gasteiger partial charge in [-0.1, -0.05) is 0 Å². The van der Waals surface area contributed by atoms with Crippen LogP contribution in [-0.2, 0) is 4.79 Å². The van der Waals surface area contributed by atoms with E-state index in [0.717, 1.165) is 0 Å². The Balaban J connectivity index is 3.26. The fraction of sp³-hybridized carbons (Fsp3) is 0. The first-order valence-corrected chi connectivity index (χ1v) is 3.67. The minimum absolute atomic E-state index is 0.368. The average Bonchev–Trinajstić information content (AvgIpc) is 2.18. The quantitative estimate of drug-likeness (QED) is 0.359. The summed E-state index contributed by atoms with van der Waals surface area (Å²) in [6.45, 7) is 0. The number of carboxylic acids is 1. The maximum absolute atomic E-state index is 12.9. The van der Waals surface area contributed by atoms with Crippen LogP contribution in [0.5, 0.6) is 0 Å². The number of rotatable bonds is 2. The Kier molecular flexibility index (Phi) is 3.08. The first-order valence-electron chi connectivity index (χ1n) is 3.67. The Bertz CT molecular complexity index is 440. The fourth-order valence-corrected chi connectivity index (χ4v) is 0.874. The van der Waals surface area contributed by atoms with Crippen molar-refractivity contribution in [2.24, 2.45) is 0 Å². The molecule has 0 aliphatic carbocycles. The van der Waals surface area contributed by atoms with E-state index in [-0.39, 0.29) is 0 Å². The van der Waals surface area contributed by atoms with Gasteiger partial charge in [0.05, 0.1) is 0 Å². The summed E-state index contributed by atoms with van der Waals surface area (Å²) < 4.78 is 50.5. The zero-order chi connectivity index (χ0) is 11.6. The lowest BCUT2D eigenvalue weighted by Gasteiger charge is -2.00. The Morgan fingerprint density at radius 2 is 1.73 bits per heavy atom. The van der Waals surface area contributed by atoms with Gasteiger partial charge in [0.2, 0.25) is 0 Å². The molecule has 80 valence electrons. The van der Waals surface area contributed by atoms with Crippen molar-refractivity contribution in [1.29, 1.82) is 0 Å². The molecular weight excluding hydrogens is 216 g/mol. The number of hydrogen-bond donors (Lipinski definition) is 1. The Morgan fingerprint density at radius 3 is 2.27 bits per heavy atom. The highest BCUT2D eigenvalue weighted by atomic mass is 19.2. The van der Waals surface area contributed by atoms with Gasteiger partial charge in [-0.15, -0.1) is 0 Å². The van der Waals surface area contributed by atoms with Gasteiger partial charge < -0.3 is 5.11 Å². The topological polar surface area (TPSA) is 37.3 Å². The van der Waals surface area contributed by atoms with Crippen LogP contribution in [0.15, 0.2) is 12.1 Å². The molecule has 1 aromatic rings. The van der Waals surface area contributed by atoms with Crippen molar-refractivity contribution in [3.63, 3.8) is 0 Å². The van der Waals surface area contributed by atoms with Gasteiger partial charge >= 0.3 is 5.97 Å². The Labute approximate surface area is 81.5 Å². The predicted molar refractivity (Wildman–Crippen MR) is 42.9 cm³/mol. The van der Waals surface area contributed by atoms with E-state index >= 15 is 0 Å². The van der Waals surface area contributed by atoms with Crippen LogP contribution in [-0.4, -0.2) is 11.1 Å². The molecule has 0 amide bonds. The molecule has 0 radical (unpaired) electrons. The van der Waals surface area contributed by atoms with Gasteiger partial charge in [0.15, 0.2) is 23.3 Å². The number of carboxylic acid groups (broad SMARTS) is 1. The van der Waals surface area contributed by atoms with Crippen LogP contribution < -0.4 is 0 Å². The van der Waals surface area contributed by atoms with Crippen LogP contribution in [0.2, 0.25) is 0 Å². The third-order valence-electron chi connectivity index (χ3n) is 1.54. The first kappa shape index (κ1) is 11.2. The first-order chi connectivity index (χ1) is 6.93. The molecular formula is C9H4F4O2. The monoisotopic (exact) mass is 220 g/mol. The molecule has 2 nitrogen and oxygen atoms in total. The zero-order valence-corrected chi connectivity index (χ0v) is 7.10. The molecule has 0 aliphatic heterocycles. The lowest BCUT2D eigenvalue weighted by molar-refractivity contribution is -0.131. The molecule has 0 saturated carbocycles. The predicted octanol–water partition coefficient (Wildman–Crippen LogP) is 2.34. The second kappa shape index (κ2) is 4.12. The van der Waals surface area contributed by atoms with Crippen molar-refractivity contribution in [2.75, 3.05) is 0 Å². The third kappa shape index (κ3) is 2.34. The van der Waals surface area contributed by atoms with Gasteiger partial charge in [-0.3, -0.25) is 0 Å². The molecule has 1 N–H and O–H groups in total. The van der Waals surface area contributed by atoms with Crippen molar-refractivity contribution < 1.29 is 27.5 Å². The summed E-state index contributed by atoms with van der Waals surface area (Å²) in [5, 5.41) is 8.19. The van der Waals surface area contributed by atoms with Gasteiger partial charge in [-0.25, -0.2) is 22.4 Å². The lowest BCUT2D eigenvalue weighted by atomic mass is 10.1. The van der Waals surface area contributed by atoms with Gasteiger partial charge in [-0.05, 0) is 12.1 Å². The lowest BCUT2D eigenvalue weighted by Crippen LogP contribution is -1.98. The SMILES string of the molecule is O=C(O)/C=C/c1cc(F)c(F)c(F)c1F. The molecule has 15 heavy (non-hydrogen) atoms. The minimum Gasteiger partial charge on any atom is -0.478 e. The van der Waals surface area contributed by atoms with Gasteiger partial charge in [-0.2, -0.15) is 0 Å². The second-order valence-electron chi connectivity index (χ2n) is 2.56. The van der Waals surface area contributed by atoms with E-state index in [1.807, 2.05) is 0 Å². The summed E-state index contributed by atoms with van der Waals surface area (Å²) in [6, 6.07) is 0.368. The summed E-state index contributed by atoms with van der Waals surface area (Å²) >= 11 is 0. The molecule has 0 bridgehead atoms. The molecule has 0 aliphatic rings. The zero-order valence-electron chi connectivity index (χ0n) is 7.10. The number of hydrogen-bond acceptors (Lipinski definition) is 1. The number of halogens is 4. The number of aliphatic carboxylic acids is 1. The number of carbonyl (C=O) groups is 1. The van der Waals surface area contributed by atoms with E-state index < -0.39 is 34.8 Å². The van der Waals surface area contributed by atoms with Gasteiger partial charge in [0, 0.05) is 11.6 Å². The van der Waals surface area contributed by atoms with E-state index in [1.54, 1.807) is 0 Å². The van der Waals surface area contributed by atoms with Crippen LogP contribution in [0.3, 0.4) is 0 Å².